The van der Waals surface area contributed by atoms with Gasteiger partial charge in [0.2, 0.25) is 23.6 Å². The first-order valence-corrected chi connectivity index (χ1v) is 24.4. The zero-order valence-corrected chi connectivity index (χ0v) is 40.5. The number of aliphatic carboxylic acids is 1. The molecule has 0 fully saturated rings. The van der Waals surface area contributed by atoms with Crippen LogP contribution in [0.25, 0.3) is 0 Å². The number of nitrogens with two attached hydrogens (primary N) is 6. The van der Waals surface area contributed by atoms with Crippen LogP contribution < -0.4 is 50.4 Å². The lowest BCUT2D eigenvalue weighted by atomic mass is 9.87. The summed E-state index contributed by atoms with van der Waals surface area (Å²) in [5, 5.41) is 17.6. The fraction of sp³-hybridized carbons (Fsp3) is 0.652. The van der Waals surface area contributed by atoms with Crippen LogP contribution in [-0.2, 0) is 44.8 Å². The number of ketones is 3. The number of carboxylic acid groups (broad SMARTS) is 1. The van der Waals surface area contributed by atoms with Gasteiger partial charge in [-0.3, -0.25) is 48.3 Å². The molecule has 7 atom stereocenters. The van der Waals surface area contributed by atoms with E-state index in [0.29, 0.717) is 25.1 Å². The molecule has 0 aliphatic heterocycles. The number of rotatable bonds is 37. The Morgan fingerprint density at radius 1 is 0.612 bits per heavy atom. The van der Waals surface area contributed by atoms with E-state index in [1.54, 1.807) is 0 Å². The Bertz CT molecular complexity index is 1810. The van der Waals surface area contributed by atoms with Crippen LogP contribution in [0.3, 0.4) is 0 Å². The summed E-state index contributed by atoms with van der Waals surface area (Å²) >= 11 is 1.48. The molecule has 0 saturated heterocycles. The predicted molar refractivity (Wildman–Crippen MR) is 261 cm³/mol. The Morgan fingerprint density at radius 2 is 1.09 bits per heavy atom. The molecule has 16 N–H and O–H groups in total. The molecule has 1 unspecified atom stereocenters. The van der Waals surface area contributed by atoms with Crippen LogP contribution in [-0.4, -0.2) is 114 Å². The van der Waals surface area contributed by atoms with E-state index < -0.39 is 89.4 Å². The van der Waals surface area contributed by atoms with Crippen LogP contribution in [0.2, 0.25) is 0 Å². The Hall–Kier alpha value is -5.57. The topological polar surface area (TPSA) is 374 Å². The third kappa shape index (κ3) is 25.8. The average Bonchev–Trinajstić information content (AvgIpc) is 3.25. The fourth-order valence-corrected chi connectivity index (χ4v) is 7.94. The first-order chi connectivity index (χ1) is 31.7. The number of carbonyl (C=O) groups is 8. The number of thioether (sulfide) groups is 1. The fourth-order valence-electron chi connectivity index (χ4n) is 7.47. The van der Waals surface area contributed by atoms with Crippen LogP contribution in [0, 0.1) is 29.6 Å². The molecule has 0 aliphatic carbocycles. The maximum Gasteiger partial charge on any atom is 0.304 e. The highest BCUT2D eigenvalue weighted by Crippen LogP contribution is 2.22. The number of carboxylic acids is 1. The third-order valence-electron chi connectivity index (χ3n) is 11.1. The van der Waals surface area contributed by atoms with E-state index >= 15 is 0 Å². The van der Waals surface area contributed by atoms with Gasteiger partial charge in [-0.2, -0.15) is 11.8 Å². The van der Waals surface area contributed by atoms with Crippen LogP contribution in [0.15, 0.2) is 40.3 Å². The quantitative estimate of drug-likeness (QED) is 0.0253. The molecule has 67 heavy (non-hydrogen) atoms. The highest BCUT2D eigenvalue weighted by atomic mass is 32.2. The van der Waals surface area contributed by atoms with E-state index in [9.17, 15) is 43.5 Å². The van der Waals surface area contributed by atoms with Crippen LogP contribution in [0.1, 0.15) is 110 Å². The zero-order valence-electron chi connectivity index (χ0n) is 39.7. The lowest BCUT2D eigenvalue weighted by molar-refractivity contribution is -0.141. The van der Waals surface area contributed by atoms with Gasteiger partial charge in [-0.1, -0.05) is 57.5 Å². The largest absolute Gasteiger partial charge is 0.481 e. The minimum atomic E-state index is -1.19. The highest BCUT2D eigenvalue weighted by molar-refractivity contribution is 7.98. The molecular weight excluding hydrogens is 883 g/mol. The average molecular weight is 960 g/mol. The number of guanidine groups is 2. The Morgan fingerprint density at radius 3 is 1.55 bits per heavy atom. The molecule has 0 aromatic heterocycles. The number of hydrogen-bond donors (Lipinski definition) is 10. The molecular formula is C46H77N11O9S. The monoisotopic (exact) mass is 960 g/mol. The first kappa shape index (κ1) is 59.4. The Balaban J connectivity index is 3.48. The number of amides is 4. The summed E-state index contributed by atoms with van der Waals surface area (Å²) < 4.78 is 0. The molecule has 0 radical (unpaired) electrons. The van der Waals surface area contributed by atoms with Crippen molar-refractivity contribution in [1.29, 1.82) is 0 Å². The highest BCUT2D eigenvalue weighted by Gasteiger charge is 2.34. The molecule has 1 rings (SSSR count). The summed E-state index contributed by atoms with van der Waals surface area (Å²) in [6, 6.07) is 5.97. The lowest BCUT2D eigenvalue weighted by Gasteiger charge is -2.27. The summed E-state index contributed by atoms with van der Waals surface area (Å²) in [7, 11) is 0. The van der Waals surface area contributed by atoms with Crippen molar-refractivity contribution in [3.63, 3.8) is 0 Å². The van der Waals surface area contributed by atoms with Crippen LogP contribution in [0.4, 0.5) is 0 Å². The third-order valence-corrected chi connectivity index (χ3v) is 11.8. The summed E-state index contributed by atoms with van der Waals surface area (Å²) in [6.45, 7) is 5.78. The predicted octanol–water partition coefficient (Wildman–Crippen LogP) is 1.04. The van der Waals surface area contributed by atoms with Gasteiger partial charge in [0.05, 0.1) is 24.5 Å². The molecule has 0 aliphatic rings. The van der Waals surface area contributed by atoms with Gasteiger partial charge in [0.15, 0.2) is 29.3 Å². The van der Waals surface area contributed by atoms with Crippen LogP contribution >= 0.6 is 11.8 Å². The van der Waals surface area contributed by atoms with E-state index in [-0.39, 0.29) is 107 Å². The smallest absolute Gasteiger partial charge is 0.304 e. The van der Waals surface area contributed by atoms with Crippen molar-refractivity contribution in [3.8, 4) is 0 Å². The molecule has 1 aromatic carbocycles. The number of benzene rings is 1. The summed E-state index contributed by atoms with van der Waals surface area (Å²) in [5.74, 6) is -8.45. The van der Waals surface area contributed by atoms with E-state index in [1.807, 2.05) is 50.4 Å². The number of carbonyl (C=O) groups excluding carboxylic acids is 7. The number of nitrogens with zero attached hydrogens (tertiary/aromatic N) is 2. The standard InChI is InChI=1S/C46H77N11O9S/c1-28(2)22-33(27-39(60)34(15-10-19-53-45(49)50)55-42(64)29(3)23-40(61)62)44(66)56-35(16-11-20-54-46(51)52)37(58)25-31(14-8-9-18-47)43(65)57-36(17-21-67-4)38(59)26-32(41(48)63)24-30-12-6-5-7-13-30/h5-7,12-13,28-29,31-36H,8-11,14-27,47H2,1-4H3,(H2,48,63)(H,55,64)(H,56,66)(H,57,65)(H,61,62)(H4,49,50,53)(H4,51,52,54)/t29-,31+,32?,33+,34-,35-,36-/m0/s1. The molecule has 21 heteroatoms. The summed E-state index contributed by atoms with van der Waals surface area (Å²) in [5.41, 5.74) is 34.3. The van der Waals surface area contributed by atoms with Crippen molar-refractivity contribution >= 4 is 70.6 Å². The molecule has 0 saturated carbocycles. The van der Waals surface area contributed by atoms with Crippen molar-refractivity contribution in [1.82, 2.24) is 16.0 Å². The maximum absolute atomic E-state index is 14.4. The minimum absolute atomic E-state index is 0.0799. The van der Waals surface area contributed by atoms with Gasteiger partial charge in [0.1, 0.15) is 0 Å². The van der Waals surface area contributed by atoms with Gasteiger partial charge in [0.25, 0.3) is 0 Å². The second-order valence-corrected chi connectivity index (χ2v) is 18.5. The van der Waals surface area contributed by atoms with Crippen LogP contribution in [0.5, 0.6) is 0 Å². The molecule has 376 valence electrons. The molecule has 0 bridgehead atoms. The number of Topliss-reactive ketones (excluding diaryl/α,β-unsaturated/α-hetero) is 3. The van der Waals surface area contributed by atoms with E-state index in [1.165, 1.54) is 18.7 Å². The molecule has 20 nitrogen and oxygen atoms in total. The van der Waals surface area contributed by atoms with Crippen molar-refractivity contribution < 1.29 is 43.5 Å². The number of nitrogens with one attached hydrogen (secondary N) is 3. The molecule has 0 heterocycles. The van der Waals surface area contributed by atoms with E-state index in [2.05, 4.69) is 25.9 Å². The summed E-state index contributed by atoms with van der Waals surface area (Å²) in [4.78, 5) is 115. The Kier molecular flexibility index (Phi) is 29.3. The van der Waals surface area contributed by atoms with Gasteiger partial charge in [-0.15, -0.1) is 0 Å². The number of hydrogen-bond acceptors (Lipinski definition) is 12. The van der Waals surface area contributed by atoms with Crippen molar-refractivity contribution in [2.75, 3.05) is 31.6 Å². The minimum Gasteiger partial charge on any atom is -0.481 e. The van der Waals surface area contributed by atoms with E-state index in [0.717, 1.165) is 5.56 Å². The van der Waals surface area contributed by atoms with Gasteiger partial charge in [-0.25, -0.2) is 0 Å². The van der Waals surface area contributed by atoms with Gasteiger partial charge < -0.3 is 55.5 Å². The zero-order chi connectivity index (χ0) is 50.5. The maximum atomic E-state index is 14.4. The second-order valence-electron chi connectivity index (χ2n) is 17.5. The molecule has 4 amide bonds. The van der Waals surface area contributed by atoms with Gasteiger partial charge in [0, 0.05) is 56.0 Å². The Labute approximate surface area is 399 Å². The summed E-state index contributed by atoms with van der Waals surface area (Å²) in [6.07, 6.45) is 3.34. The van der Waals surface area contributed by atoms with Crippen molar-refractivity contribution in [2.45, 2.75) is 129 Å². The number of aliphatic imine (C=N–C) groups is 2. The van der Waals surface area contributed by atoms with Gasteiger partial charge >= 0.3 is 5.97 Å². The van der Waals surface area contributed by atoms with Gasteiger partial charge in [-0.05, 0) is 87.8 Å². The molecule has 1 aromatic rings. The first-order valence-electron chi connectivity index (χ1n) is 23.0. The number of primary amides is 1. The normalized spacial score (nSPS) is 14.2. The number of unbranched alkanes of at least 4 members (excludes halogenated alkanes) is 1. The second kappa shape index (κ2) is 33.0. The molecule has 0 spiro atoms. The van der Waals surface area contributed by atoms with Crippen molar-refractivity contribution in [2.24, 2.45) is 74.0 Å². The van der Waals surface area contributed by atoms with E-state index in [4.69, 9.17) is 34.4 Å². The van der Waals surface area contributed by atoms with Crippen molar-refractivity contribution in [3.05, 3.63) is 35.9 Å². The lowest BCUT2D eigenvalue weighted by Crippen LogP contribution is -2.48. The SMILES string of the molecule is CSCC[C@H](NC(=O)[C@H](CCCCN)CC(=O)[C@H](CCCN=C(N)N)NC(=O)[C@@H](CC(=O)[C@H](CCCN=C(N)N)NC(=O)[C@@H](C)CC(=O)O)CC(C)C)C(=O)CC(Cc1ccccc1)C(N)=O.